The molecule has 1 unspecified atom stereocenters. The van der Waals surface area contributed by atoms with Crippen molar-refractivity contribution in [2.75, 3.05) is 19.6 Å². The molecule has 1 saturated carbocycles. The topological polar surface area (TPSA) is 52.6 Å². The summed E-state index contributed by atoms with van der Waals surface area (Å²) in [5.74, 6) is 0.194. The Morgan fingerprint density at radius 3 is 2.72 bits per heavy atom. The molecule has 1 aliphatic carbocycles. The lowest BCUT2D eigenvalue weighted by molar-refractivity contribution is -0.130. The standard InChI is InChI=1S/C14H26N2O2/c1-14(18)7-4-9-16(10-8-14)13(17)11-15-12-5-2-3-6-12/h12,15,18H,2-11H2,1H3. The van der Waals surface area contributed by atoms with E-state index in [9.17, 15) is 9.90 Å². The van der Waals surface area contributed by atoms with E-state index in [-0.39, 0.29) is 5.91 Å². The molecule has 0 aromatic heterocycles. The van der Waals surface area contributed by atoms with Gasteiger partial charge in [-0.15, -0.1) is 0 Å². The van der Waals surface area contributed by atoms with Gasteiger partial charge in [-0.25, -0.2) is 0 Å². The van der Waals surface area contributed by atoms with Gasteiger partial charge in [-0.1, -0.05) is 12.8 Å². The van der Waals surface area contributed by atoms with Crippen molar-refractivity contribution in [3.63, 3.8) is 0 Å². The van der Waals surface area contributed by atoms with E-state index in [1.54, 1.807) is 0 Å². The highest BCUT2D eigenvalue weighted by molar-refractivity contribution is 5.78. The van der Waals surface area contributed by atoms with Gasteiger partial charge in [0.25, 0.3) is 0 Å². The molecule has 1 atom stereocenters. The summed E-state index contributed by atoms with van der Waals surface area (Å²) in [5, 5.41) is 13.4. The Hall–Kier alpha value is -0.610. The molecule has 0 aromatic rings. The normalized spacial score (nSPS) is 30.4. The van der Waals surface area contributed by atoms with Gasteiger partial charge in [0.2, 0.25) is 5.91 Å². The summed E-state index contributed by atoms with van der Waals surface area (Å²) in [6.45, 7) is 3.82. The van der Waals surface area contributed by atoms with Crippen molar-refractivity contribution in [1.82, 2.24) is 10.2 Å². The van der Waals surface area contributed by atoms with Crippen LogP contribution in [0.25, 0.3) is 0 Å². The fourth-order valence-corrected chi connectivity index (χ4v) is 2.99. The van der Waals surface area contributed by atoms with E-state index in [1.807, 2.05) is 11.8 Å². The molecule has 1 saturated heterocycles. The van der Waals surface area contributed by atoms with Crippen LogP contribution in [-0.4, -0.2) is 47.2 Å². The molecule has 2 rings (SSSR count). The lowest BCUT2D eigenvalue weighted by atomic mass is 9.98. The third-order valence-electron chi connectivity index (χ3n) is 4.31. The number of carbonyl (C=O) groups excluding carboxylic acids is 1. The fraction of sp³-hybridized carbons (Fsp3) is 0.929. The SMILES string of the molecule is CC1(O)CCCN(C(=O)CNC2CCCC2)CC1. The molecule has 4 nitrogen and oxygen atoms in total. The Bertz CT molecular complexity index is 286. The van der Waals surface area contributed by atoms with Crippen LogP contribution in [0.15, 0.2) is 0 Å². The van der Waals surface area contributed by atoms with Gasteiger partial charge in [0.05, 0.1) is 12.1 Å². The van der Waals surface area contributed by atoms with Crippen molar-refractivity contribution in [3.05, 3.63) is 0 Å². The monoisotopic (exact) mass is 254 g/mol. The lowest BCUT2D eigenvalue weighted by Gasteiger charge is -2.23. The first-order valence-electron chi connectivity index (χ1n) is 7.30. The average molecular weight is 254 g/mol. The van der Waals surface area contributed by atoms with Crippen molar-refractivity contribution in [1.29, 1.82) is 0 Å². The van der Waals surface area contributed by atoms with Crippen LogP contribution in [0, 0.1) is 0 Å². The number of carbonyl (C=O) groups is 1. The van der Waals surface area contributed by atoms with Crippen molar-refractivity contribution < 1.29 is 9.90 Å². The highest BCUT2D eigenvalue weighted by atomic mass is 16.3. The molecule has 1 heterocycles. The first-order valence-corrected chi connectivity index (χ1v) is 7.30. The van der Waals surface area contributed by atoms with E-state index < -0.39 is 5.60 Å². The van der Waals surface area contributed by atoms with E-state index in [2.05, 4.69) is 5.32 Å². The molecule has 2 N–H and O–H groups in total. The molecular weight excluding hydrogens is 228 g/mol. The second-order valence-electron chi connectivity index (χ2n) is 6.09. The number of nitrogens with zero attached hydrogens (tertiary/aromatic N) is 1. The Morgan fingerprint density at radius 1 is 1.28 bits per heavy atom. The van der Waals surface area contributed by atoms with Crippen LogP contribution in [0.5, 0.6) is 0 Å². The van der Waals surface area contributed by atoms with E-state index >= 15 is 0 Å². The molecule has 2 aliphatic rings. The van der Waals surface area contributed by atoms with Crippen LogP contribution >= 0.6 is 0 Å². The maximum absolute atomic E-state index is 12.1. The highest BCUT2D eigenvalue weighted by Gasteiger charge is 2.27. The van der Waals surface area contributed by atoms with Gasteiger partial charge >= 0.3 is 0 Å². The molecule has 18 heavy (non-hydrogen) atoms. The zero-order valence-corrected chi connectivity index (χ0v) is 11.5. The van der Waals surface area contributed by atoms with Crippen LogP contribution in [-0.2, 0) is 4.79 Å². The number of hydrogen-bond donors (Lipinski definition) is 2. The molecule has 0 aromatic carbocycles. The van der Waals surface area contributed by atoms with E-state index in [0.29, 0.717) is 25.6 Å². The molecule has 4 heteroatoms. The quantitative estimate of drug-likeness (QED) is 0.798. The first-order chi connectivity index (χ1) is 8.57. The number of amides is 1. The van der Waals surface area contributed by atoms with Crippen LogP contribution in [0.4, 0.5) is 0 Å². The number of rotatable bonds is 3. The Labute approximate surface area is 110 Å². The average Bonchev–Trinajstić information content (AvgIpc) is 2.77. The summed E-state index contributed by atoms with van der Waals surface area (Å²) in [4.78, 5) is 14.0. The molecule has 2 fully saturated rings. The minimum atomic E-state index is -0.589. The van der Waals surface area contributed by atoms with Crippen molar-refractivity contribution >= 4 is 5.91 Å². The summed E-state index contributed by atoms with van der Waals surface area (Å²) >= 11 is 0. The third kappa shape index (κ3) is 3.95. The van der Waals surface area contributed by atoms with Gasteiger partial charge in [-0.3, -0.25) is 4.79 Å². The minimum absolute atomic E-state index is 0.194. The Kier molecular flexibility index (Phi) is 4.62. The van der Waals surface area contributed by atoms with Crippen LogP contribution in [0.1, 0.15) is 51.9 Å². The second-order valence-corrected chi connectivity index (χ2v) is 6.09. The summed E-state index contributed by atoms with van der Waals surface area (Å²) < 4.78 is 0. The molecule has 1 aliphatic heterocycles. The fourth-order valence-electron chi connectivity index (χ4n) is 2.99. The van der Waals surface area contributed by atoms with Gasteiger partial charge < -0.3 is 15.3 Å². The Balaban J connectivity index is 1.74. The maximum Gasteiger partial charge on any atom is 0.236 e. The summed E-state index contributed by atoms with van der Waals surface area (Å²) in [6, 6.07) is 0.545. The number of likely N-dealkylation sites (tertiary alicyclic amines) is 1. The molecule has 0 spiro atoms. The van der Waals surface area contributed by atoms with Gasteiger partial charge in [0, 0.05) is 19.1 Å². The molecule has 1 amide bonds. The van der Waals surface area contributed by atoms with Crippen LogP contribution < -0.4 is 5.32 Å². The molecule has 0 radical (unpaired) electrons. The zero-order chi connectivity index (χ0) is 13.0. The predicted molar refractivity (Wildman–Crippen MR) is 71.3 cm³/mol. The van der Waals surface area contributed by atoms with Gasteiger partial charge in [0.1, 0.15) is 0 Å². The van der Waals surface area contributed by atoms with Crippen LogP contribution in [0.3, 0.4) is 0 Å². The largest absolute Gasteiger partial charge is 0.390 e. The zero-order valence-electron chi connectivity index (χ0n) is 11.5. The van der Waals surface area contributed by atoms with E-state index in [0.717, 1.165) is 19.4 Å². The van der Waals surface area contributed by atoms with Crippen molar-refractivity contribution in [2.24, 2.45) is 0 Å². The Morgan fingerprint density at radius 2 is 2.00 bits per heavy atom. The number of aliphatic hydroxyl groups is 1. The lowest BCUT2D eigenvalue weighted by Crippen LogP contribution is -2.41. The number of hydrogen-bond acceptors (Lipinski definition) is 3. The number of nitrogens with one attached hydrogen (secondary N) is 1. The summed E-state index contributed by atoms with van der Waals surface area (Å²) in [6.07, 6.45) is 7.40. The molecular formula is C14H26N2O2. The first kappa shape index (κ1) is 13.8. The van der Waals surface area contributed by atoms with E-state index in [1.165, 1.54) is 25.7 Å². The highest BCUT2D eigenvalue weighted by Crippen LogP contribution is 2.21. The van der Waals surface area contributed by atoms with Crippen molar-refractivity contribution in [2.45, 2.75) is 63.5 Å². The maximum atomic E-state index is 12.1. The molecule has 104 valence electrons. The predicted octanol–water partition coefficient (Wildman–Crippen LogP) is 1.28. The third-order valence-corrected chi connectivity index (χ3v) is 4.31. The second kappa shape index (κ2) is 6.02. The smallest absolute Gasteiger partial charge is 0.236 e. The summed E-state index contributed by atoms with van der Waals surface area (Å²) in [7, 11) is 0. The van der Waals surface area contributed by atoms with Gasteiger partial charge in [0.15, 0.2) is 0 Å². The summed E-state index contributed by atoms with van der Waals surface area (Å²) in [5.41, 5.74) is -0.589. The minimum Gasteiger partial charge on any atom is -0.390 e. The molecule has 0 bridgehead atoms. The van der Waals surface area contributed by atoms with Gasteiger partial charge in [-0.05, 0) is 39.0 Å². The van der Waals surface area contributed by atoms with E-state index in [4.69, 9.17) is 0 Å². The van der Waals surface area contributed by atoms with Crippen molar-refractivity contribution in [3.8, 4) is 0 Å². The van der Waals surface area contributed by atoms with Gasteiger partial charge in [-0.2, -0.15) is 0 Å². The van der Waals surface area contributed by atoms with Crippen LogP contribution in [0.2, 0.25) is 0 Å².